The third-order valence-electron chi connectivity index (χ3n) is 10.7. The van der Waals surface area contributed by atoms with Crippen molar-refractivity contribution in [1.82, 2.24) is 24.9 Å². The highest BCUT2D eigenvalue weighted by molar-refractivity contribution is 7.20. The first-order chi connectivity index (χ1) is 30.6. The molecule has 0 unspecified atom stereocenters. The second-order valence-corrected chi connectivity index (χ2v) is 15.5. The summed E-state index contributed by atoms with van der Waals surface area (Å²) in [4.78, 5) is 26.5. The summed E-state index contributed by atoms with van der Waals surface area (Å²) < 4.78 is 14.1. The molecular formula is C54H37N5O2S. The molecule has 0 saturated heterocycles. The first-order valence-electron chi connectivity index (χ1n) is 20.1. The van der Waals surface area contributed by atoms with Gasteiger partial charge in [0.2, 0.25) is 0 Å². The first-order valence-corrected chi connectivity index (χ1v) is 20.9. The van der Waals surface area contributed by atoms with Crippen LogP contribution in [0.5, 0.6) is 0 Å². The number of thiophene rings is 1. The fraction of sp³-hybridized carbons (Fsp3) is 0.0185. The molecule has 0 radical (unpaired) electrons. The number of fused-ring (bicyclic) bond motifs is 7. The summed E-state index contributed by atoms with van der Waals surface area (Å²) >= 11 is 1.66. The second kappa shape index (κ2) is 16.2. The highest BCUT2D eigenvalue weighted by Crippen LogP contribution is 2.42. The van der Waals surface area contributed by atoms with Gasteiger partial charge in [0.15, 0.2) is 28.9 Å². The van der Waals surface area contributed by atoms with Crippen LogP contribution >= 0.6 is 11.3 Å². The number of nitrogens with zero attached hydrogens (tertiary/aromatic N) is 5. The number of allylic oxidation sites excluding steroid dienone is 3. The van der Waals surface area contributed by atoms with Gasteiger partial charge < -0.3 is 8.83 Å². The SMILES string of the molecule is C=C/C=C\C.C=Cc1sc2c(-c3nc(-c4ccccc4)nc(-c4cccc5oc6cc(-c7nc(-c8ccccc8)nc8c7oc7ccccc78)ccc6c45)n3)cccc2c1C=C. The molecule has 7 nitrogen and oxygen atoms in total. The molecule has 296 valence electrons. The number of para-hydroxylation sites is 1. The van der Waals surface area contributed by atoms with Crippen LogP contribution < -0.4 is 0 Å². The first kappa shape index (κ1) is 38.2. The van der Waals surface area contributed by atoms with Gasteiger partial charge in [-0.2, -0.15) is 0 Å². The summed E-state index contributed by atoms with van der Waals surface area (Å²) in [6.45, 7) is 13.6. The highest BCUT2D eigenvalue weighted by atomic mass is 32.1. The Balaban J connectivity index is 0.000000869. The molecule has 62 heavy (non-hydrogen) atoms. The van der Waals surface area contributed by atoms with Crippen LogP contribution in [0, 0.1) is 0 Å². The van der Waals surface area contributed by atoms with E-state index in [1.54, 1.807) is 17.4 Å². The van der Waals surface area contributed by atoms with Crippen molar-refractivity contribution < 1.29 is 8.83 Å². The van der Waals surface area contributed by atoms with Crippen molar-refractivity contribution in [3.63, 3.8) is 0 Å². The minimum atomic E-state index is 0.546. The van der Waals surface area contributed by atoms with Crippen molar-refractivity contribution in [2.45, 2.75) is 6.92 Å². The van der Waals surface area contributed by atoms with Gasteiger partial charge in [0.1, 0.15) is 28.0 Å². The zero-order chi connectivity index (χ0) is 42.2. The number of rotatable bonds is 8. The molecular weight excluding hydrogens is 783 g/mol. The van der Waals surface area contributed by atoms with Gasteiger partial charge >= 0.3 is 0 Å². The zero-order valence-corrected chi connectivity index (χ0v) is 34.6. The molecule has 0 atom stereocenters. The van der Waals surface area contributed by atoms with Crippen molar-refractivity contribution in [2.75, 3.05) is 0 Å². The molecule has 11 aromatic rings. The zero-order valence-electron chi connectivity index (χ0n) is 33.7. The lowest BCUT2D eigenvalue weighted by Crippen LogP contribution is -2.00. The molecule has 0 aliphatic rings. The van der Waals surface area contributed by atoms with Gasteiger partial charge in [0.05, 0.1) is 0 Å². The van der Waals surface area contributed by atoms with Crippen LogP contribution in [0.1, 0.15) is 17.4 Å². The van der Waals surface area contributed by atoms with E-state index in [1.165, 1.54) is 0 Å². The summed E-state index contributed by atoms with van der Waals surface area (Å²) in [5, 5.41) is 3.86. The molecule has 0 fully saturated rings. The second-order valence-electron chi connectivity index (χ2n) is 14.4. The smallest absolute Gasteiger partial charge is 0.180 e. The van der Waals surface area contributed by atoms with Gasteiger partial charge in [0.25, 0.3) is 0 Å². The Hall–Kier alpha value is -8.07. The summed E-state index contributed by atoms with van der Waals surface area (Å²) in [6, 6.07) is 46.4. The monoisotopic (exact) mass is 819 g/mol. The normalized spacial score (nSPS) is 11.4. The molecule has 0 spiro atoms. The van der Waals surface area contributed by atoms with E-state index < -0.39 is 0 Å². The third-order valence-corrected chi connectivity index (χ3v) is 11.9. The van der Waals surface area contributed by atoms with E-state index in [4.69, 9.17) is 33.8 Å². The molecule has 5 aromatic heterocycles. The van der Waals surface area contributed by atoms with Crippen molar-refractivity contribution in [2.24, 2.45) is 0 Å². The number of aromatic nitrogens is 5. The Morgan fingerprint density at radius 2 is 1.16 bits per heavy atom. The Labute approximate surface area is 361 Å². The third kappa shape index (κ3) is 6.69. The average Bonchev–Trinajstić information content (AvgIpc) is 4.03. The topological polar surface area (TPSA) is 90.7 Å². The van der Waals surface area contributed by atoms with Gasteiger partial charge in [-0.25, -0.2) is 24.9 Å². The van der Waals surface area contributed by atoms with E-state index in [0.717, 1.165) is 81.2 Å². The van der Waals surface area contributed by atoms with Gasteiger partial charge in [-0.05, 0) is 48.9 Å². The maximum absolute atomic E-state index is 6.63. The van der Waals surface area contributed by atoms with Crippen molar-refractivity contribution >= 4 is 77.6 Å². The molecule has 0 bridgehead atoms. The van der Waals surface area contributed by atoms with E-state index in [0.29, 0.717) is 40.2 Å². The Kier molecular flexibility index (Phi) is 9.96. The van der Waals surface area contributed by atoms with Crippen LogP contribution in [0.25, 0.3) is 123 Å². The Bertz CT molecular complexity index is 3540. The van der Waals surface area contributed by atoms with Crippen molar-refractivity contribution in [3.8, 4) is 56.8 Å². The Morgan fingerprint density at radius 1 is 0.516 bits per heavy atom. The largest absolute Gasteiger partial charge is 0.456 e. The van der Waals surface area contributed by atoms with Gasteiger partial charge in [-0.15, -0.1) is 11.3 Å². The Morgan fingerprint density at radius 3 is 1.87 bits per heavy atom. The quantitative estimate of drug-likeness (QED) is 0.141. The highest BCUT2D eigenvalue weighted by Gasteiger charge is 2.22. The van der Waals surface area contributed by atoms with Crippen LogP contribution in [0.15, 0.2) is 186 Å². The minimum Gasteiger partial charge on any atom is -0.456 e. The molecule has 0 N–H and O–H groups in total. The summed E-state index contributed by atoms with van der Waals surface area (Å²) in [7, 11) is 0. The predicted molar refractivity (Wildman–Crippen MR) is 258 cm³/mol. The van der Waals surface area contributed by atoms with E-state index >= 15 is 0 Å². The summed E-state index contributed by atoms with van der Waals surface area (Å²) in [5.41, 5.74) is 9.73. The predicted octanol–water partition coefficient (Wildman–Crippen LogP) is 15.0. The van der Waals surface area contributed by atoms with E-state index in [9.17, 15) is 0 Å². The van der Waals surface area contributed by atoms with Crippen LogP contribution in [-0.4, -0.2) is 24.9 Å². The maximum Gasteiger partial charge on any atom is 0.180 e. The molecule has 6 aromatic carbocycles. The van der Waals surface area contributed by atoms with Crippen LogP contribution in [0.3, 0.4) is 0 Å². The van der Waals surface area contributed by atoms with Gasteiger partial charge in [0, 0.05) is 58.9 Å². The number of hydrogen-bond donors (Lipinski definition) is 0. The van der Waals surface area contributed by atoms with E-state index in [2.05, 4.69) is 44.0 Å². The lowest BCUT2D eigenvalue weighted by Gasteiger charge is -2.10. The molecule has 0 aliphatic heterocycles. The fourth-order valence-corrected chi connectivity index (χ4v) is 8.99. The number of benzene rings is 6. The lowest BCUT2D eigenvalue weighted by atomic mass is 10.0. The van der Waals surface area contributed by atoms with Gasteiger partial charge in [-0.3, -0.25) is 0 Å². The summed E-state index contributed by atoms with van der Waals surface area (Å²) in [5.74, 6) is 2.33. The number of furan rings is 2. The lowest BCUT2D eigenvalue weighted by molar-refractivity contribution is 0.666. The van der Waals surface area contributed by atoms with Crippen LogP contribution in [0.4, 0.5) is 0 Å². The van der Waals surface area contributed by atoms with Gasteiger partial charge in [-0.1, -0.05) is 153 Å². The van der Waals surface area contributed by atoms with Crippen LogP contribution in [-0.2, 0) is 0 Å². The van der Waals surface area contributed by atoms with Crippen LogP contribution in [0.2, 0.25) is 0 Å². The molecule has 11 rings (SSSR count). The molecule has 5 heterocycles. The standard InChI is InChI=1S/C49H29N5O2S.C5H8/c1-3-31-32-20-13-22-36(45(32)57-40(31)4-2)49-53-47(29-17-9-6-10-18-29)52-48(54-49)35-21-14-24-38-41(35)33-26-25-30(27-39(33)55-38)42-44-43(34-19-11-12-23-37(34)56-44)51-46(50-42)28-15-7-5-8-16-28;1-3-5-4-2/h3-27H,1-2H2;3-5H,1H2,2H3/b;5-4-. The van der Waals surface area contributed by atoms with Crippen molar-refractivity contribution in [1.29, 1.82) is 0 Å². The number of hydrogen-bond acceptors (Lipinski definition) is 8. The minimum absolute atomic E-state index is 0.546. The molecule has 0 saturated carbocycles. The molecule has 8 heteroatoms. The van der Waals surface area contributed by atoms with E-state index in [1.807, 2.05) is 146 Å². The molecule has 0 aliphatic carbocycles. The fourth-order valence-electron chi connectivity index (χ4n) is 7.83. The average molecular weight is 820 g/mol. The van der Waals surface area contributed by atoms with Crippen molar-refractivity contribution in [3.05, 3.63) is 188 Å². The maximum atomic E-state index is 6.63. The molecule has 0 amide bonds. The van der Waals surface area contributed by atoms with E-state index in [-0.39, 0.29) is 0 Å². The summed E-state index contributed by atoms with van der Waals surface area (Å²) in [6.07, 6.45) is 9.34.